The van der Waals surface area contributed by atoms with E-state index in [1.54, 1.807) is 24.6 Å². The third-order valence-corrected chi connectivity index (χ3v) is 4.33. The number of aromatic nitrogens is 1. The van der Waals surface area contributed by atoms with Crippen LogP contribution in [0.1, 0.15) is 27.0 Å². The van der Waals surface area contributed by atoms with E-state index in [0.29, 0.717) is 33.3 Å². The van der Waals surface area contributed by atoms with Crippen LogP contribution in [0.3, 0.4) is 0 Å². The van der Waals surface area contributed by atoms with Crippen LogP contribution in [0.2, 0.25) is 0 Å². The minimum atomic E-state index is -0.164. The van der Waals surface area contributed by atoms with Crippen LogP contribution in [-0.2, 0) is 11.3 Å². The van der Waals surface area contributed by atoms with Gasteiger partial charge in [-0.05, 0) is 29.8 Å². The SMILES string of the molecule is O=C1c2ccccc2N=c2c1cn1c(=O)c3c(cc21)C=COC3. The minimum absolute atomic E-state index is 0.0986. The molecule has 5 heteroatoms. The molecule has 0 unspecified atom stereocenters. The van der Waals surface area contributed by atoms with Crippen LogP contribution in [0.15, 0.2) is 52.6 Å². The van der Waals surface area contributed by atoms with Gasteiger partial charge in [-0.3, -0.25) is 14.0 Å². The van der Waals surface area contributed by atoms with Crippen LogP contribution in [-0.4, -0.2) is 10.2 Å². The van der Waals surface area contributed by atoms with E-state index < -0.39 is 0 Å². The molecule has 0 N–H and O–H groups in total. The lowest BCUT2D eigenvalue weighted by Gasteiger charge is -2.11. The Kier molecular flexibility index (Phi) is 2.24. The van der Waals surface area contributed by atoms with Gasteiger partial charge in [0.2, 0.25) is 0 Å². The van der Waals surface area contributed by atoms with Gasteiger partial charge >= 0.3 is 0 Å². The summed E-state index contributed by atoms with van der Waals surface area (Å²) in [6, 6.07) is 9.11. The Hall–Kier alpha value is -3.21. The predicted molar refractivity (Wildman–Crippen MR) is 83.8 cm³/mol. The number of carbonyl (C=O) groups excluding carboxylic acids is 1. The van der Waals surface area contributed by atoms with Crippen molar-refractivity contribution >= 4 is 23.1 Å². The standard InChI is InChI=1S/C18H10N2O3/c21-17-11-3-1-2-4-14(11)19-16-12(17)8-20-15(16)7-10-5-6-23-9-13(10)18(20)22/h1-8H,9H2. The van der Waals surface area contributed by atoms with Gasteiger partial charge in [0.25, 0.3) is 5.56 Å². The second kappa shape index (κ2) is 4.16. The van der Waals surface area contributed by atoms with Crippen molar-refractivity contribution in [1.82, 2.24) is 4.40 Å². The van der Waals surface area contributed by atoms with E-state index >= 15 is 0 Å². The number of nitrogens with zero attached hydrogens (tertiary/aromatic N) is 2. The smallest absolute Gasteiger partial charge is 0.262 e. The highest BCUT2D eigenvalue weighted by Gasteiger charge is 2.24. The number of fused-ring (bicyclic) bond motifs is 5. The van der Waals surface area contributed by atoms with Crippen LogP contribution >= 0.6 is 0 Å². The summed E-state index contributed by atoms with van der Waals surface area (Å²) < 4.78 is 6.71. The molecular formula is C18H10N2O3. The van der Waals surface area contributed by atoms with Crippen molar-refractivity contribution in [1.29, 1.82) is 0 Å². The van der Waals surface area contributed by atoms with Gasteiger partial charge < -0.3 is 4.74 Å². The maximum atomic E-state index is 12.7. The Bertz CT molecular complexity index is 1160. The second-order valence-electron chi connectivity index (χ2n) is 5.60. The zero-order valence-corrected chi connectivity index (χ0v) is 11.9. The first-order valence-corrected chi connectivity index (χ1v) is 7.25. The van der Waals surface area contributed by atoms with E-state index in [1.807, 2.05) is 24.3 Å². The normalized spacial score (nSPS) is 14.7. The maximum absolute atomic E-state index is 12.7. The average Bonchev–Trinajstić information content (AvgIpc) is 2.95. The Morgan fingerprint density at radius 3 is 2.91 bits per heavy atom. The molecule has 3 aromatic rings. The van der Waals surface area contributed by atoms with Crippen molar-refractivity contribution in [2.45, 2.75) is 6.61 Å². The summed E-state index contributed by atoms with van der Waals surface area (Å²) >= 11 is 0. The molecule has 5 rings (SSSR count). The average molecular weight is 302 g/mol. The highest BCUT2D eigenvalue weighted by atomic mass is 16.5. The molecule has 110 valence electrons. The quantitative estimate of drug-likeness (QED) is 0.499. The lowest BCUT2D eigenvalue weighted by molar-refractivity contribution is 0.103. The summed E-state index contributed by atoms with van der Waals surface area (Å²) in [4.78, 5) is 30.0. The molecule has 23 heavy (non-hydrogen) atoms. The molecule has 0 saturated carbocycles. The van der Waals surface area contributed by atoms with E-state index in [4.69, 9.17) is 4.74 Å². The molecule has 2 aromatic heterocycles. The zero-order valence-electron chi connectivity index (χ0n) is 11.9. The third-order valence-electron chi connectivity index (χ3n) is 4.33. The first kappa shape index (κ1) is 12.3. The van der Waals surface area contributed by atoms with Crippen molar-refractivity contribution in [2.75, 3.05) is 0 Å². The number of carbonyl (C=O) groups is 1. The summed E-state index contributed by atoms with van der Waals surface area (Å²) in [5.41, 5.74) is 3.57. The molecule has 0 spiro atoms. The molecule has 0 bridgehead atoms. The van der Waals surface area contributed by atoms with Gasteiger partial charge in [0.15, 0.2) is 5.78 Å². The molecule has 4 heterocycles. The molecule has 2 aliphatic rings. The number of benzene rings is 1. The summed E-state index contributed by atoms with van der Waals surface area (Å²) in [6.45, 7) is 0.245. The Balaban J connectivity index is 1.95. The van der Waals surface area contributed by atoms with Gasteiger partial charge in [-0.2, -0.15) is 0 Å². The lowest BCUT2D eigenvalue weighted by atomic mass is 10.0. The second-order valence-corrected chi connectivity index (χ2v) is 5.60. The fourth-order valence-corrected chi connectivity index (χ4v) is 3.18. The largest absolute Gasteiger partial charge is 0.496 e. The number of rotatable bonds is 0. The number of pyridine rings is 1. The summed E-state index contributed by atoms with van der Waals surface area (Å²) in [5, 5.41) is 0.563. The third kappa shape index (κ3) is 1.53. The molecule has 5 nitrogen and oxygen atoms in total. The van der Waals surface area contributed by atoms with Crippen molar-refractivity contribution in [3.8, 4) is 0 Å². The van der Waals surface area contributed by atoms with Crippen LogP contribution in [0, 0.1) is 0 Å². The molecule has 1 aromatic carbocycles. The number of ketones is 1. The summed E-state index contributed by atoms with van der Waals surface area (Å²) in [5.74, 6) is -0.0986. The van der Waals surface area contributed by atoms with Crippen LogP contribution in [0.25, 0.3) is 11.6 Å². The first-order chi connectivity index (χ1) is 11.2. The number of hydrogen-bond acceptors (Lipinski definition) is 4. The van der Waals surface area contributed by atoms with E-state index in [0.717, 1.165) is 5.56 Å². The highest BCUT2D eigenvalue weighted by Crippen LogP contribution is 2.25. The number of hydrogen-bond donors (Lipinski definition) is 0. The Morgan fingerprint density at radius 1 is 1.13 bits per heavy atom. The van der Waals surface area contributed by atoms with Crippen LogP contribution in [0.5, 0.6) is 0 Å². The monoisotopic (exact) mass is 302 g/mol. The Labute approximate surface area is 130 Å². The van der Waals surface area contributed by atoms with Crippen molar-refractivity contribution in [3.63, 3.8) is 0 Å². The summed E-state index contributed by atoms with van der Waals surface area (Å²) in [6.07, 6.45) is 4.93. The predicted octanol–water partition coefficient (Wildman–Crippen LogP) is 2.02. The fraction of sp³-hybridized carbons (Fsp3) is 0.0556. The van der Waals surface area contributed by atoms with Gasteiger partial charge in [0.05, 0.1) is 28.6 Å². The van der Waals surface area contributed by atoms with Gasteiger partial charge in [-0.25, -0.2) is 4.99 Å². The summed E-state index contributed by atoms with van der Waals surface area (Å²) in [7, 11) is 0. The van der Waals surface area contributed by atoms with Crippen molar-refractivity contribution in [3.05, 3.63) is 80.8 Å². The van der Waals surface area contributed by atoms with Gasteiger partial charge in [0, 0.05) is 11.8 Å². The minimum Gasteiger partial charge on any atom is -0.496 e. The van der Waals surface area contributed by atoms with Gasteiger partial charge in [0.1, 0.15) is 12.0 Å². The van der Waals surface area contributed by atoms with Crippen LogP contribution in [0.4, 0.5) is 5.69 Å². The molecule has 0 amide bonds. The number of para-hydroxylation sites is 1. The molecule has 0 aliphatic carbocycles. The number of ether oxygens (including phenoxy) is 1. The maximum Gasteiger partial charge on any atom is 0.262 e. The fourth-order valence-electron chi connectivity index (χ4n) is 3.18. The first-order valence-electron chi connectivity index (χ1n) is 7.25. The topological polar surface area (TPSA) is 60.1 Å². The highest BCUT2D eigenvalue weighted by molar-refractivity contribution is 6.13. The van der Waals surface area contributed by atoms with Gasteiger partial charge in [-0.15, -0.1) is 0 Å². The molecule has 0 saturated heterocycles. The van der Waals surface area contributed by atoms with Crippen molar-refractivity contribution < 1.29 is 9.53 Å². The van der Waals surface area contributed by atoms with Gasteiger partial charge in [-0.1, -0.05) is 12.1 Å². The molecule has 0 fully saturated rings. The molecule has 0 radical (unpaired) electrons. The van der Waals surface area contributed by atoms with E-state index in [9.17, 15) is 9.59 Å². The molecule has 2 aliphatic heterocycles. The molecular weight excluding hydrogens is 292 g/mol. The van der Waals surface area contributed by atoms with E-state index in [1.165, 1.54) is 4.40 Å². The van der Waals surface area contributed by atoms with Crippen molar-refractivity contribution in [2.24, 2.45) is 4.99 Å². The van der Waals surface area contributed by atoms with E-state index in [-0.39, 0.29) is 17.9 Å². The van der Waals surface area contributed by atoms with E-state index in [2.05, 4.69) is 4.99 Å². The lowest BCUT2D eigenvalue weighted by Crippen LogP contribution is -2.22. The zero-order chi connectivity index (χ0) is 15.6. The van der Waals surface area contributed by atoms with Crippen LogP contribution < -0.4 is 10.9 Å². The molecule has 0 atom stereocenters. The Morgan fingerprint density at radius 2 is 2.00 bits per heavy atom.